The molecule has 0 saturated heterocycles. The van der Waals surface area contributed by atoms with Crippen molar-refractivity contribution < 1.29 is 14.7 Å². The summed E-state index contributed by atoms with van der Waals surface area (Å²) in [6.07, 6.45) is 0. The molecule has 0 spiro atoms. The largest absolute Gasteiger partial charge is 0.548 e. The van der Waals surface area contributed by atoms with E-state index in [9.17, 15) is 19.5 Å². The molecule has 0 N–H and O–H groups in total. The molecule has 5 rings (SSSR count). The summed E-state index contributed by atoms with van der Waals surface area (Å²) in [5, 5.41) is 15.9. The van der Waals surface area contributed by atoms with E-state index in [4.69, 9.17) is 11.6 Å². The summed E-state index contributed by atoms with van der Waals surface area (Å²) in [7, 11) is 0. The second-order valence-electron chi connectivity index (χ2n) is 6.53. The van der Waals surface area contributed by atoms with Crippen molar-refractivity contribution in [3.63, 3.8) is 0 Å². The molecular weight excluding hydrogens is 428 g/mol. The van der Waals surface area contributed by atoms with Gasteiger partial charge in [-0.05, 0) is 18.2 Å². The standard InChI is InChI=1S/C20H11ClN4O4S/c21-11-5-3-4-10(8-11)17-22-20-25(23-17)19(29)16(30-20)15-12-6-1-2-7-13(12)24(18(15)28)9-14(26)27/h1-8H,9H2,(H,26,27)/p-1/b16-15-. The van der Waals surface area contributed by atoms with Crippen molar-refractivity contribution in [2.75, 3.05) is 11.4 Å². The van der Waals surface area contributed by atoms with Crippen LogP contribution in [0, 0.1) is 0 Å². The van der Waals surface area contributed by atoms with Gasteiger partial charge in [-0.15, -0.1) is 5.10 Å². The number of amides is 1. The number of para-hydroxylation sites is 1. The van der Waals surface area contributed by atoms with Gasteiger partial charge in [0.15, 0.2) is 5.82 Å². The molecule has 1 amide bonds. The predicted octanol–water partition coefficient (Wildman–Crippen LogP) is 0.486. The summed E-state index contributed by atoms with van der Waals surface area (Å²) < 4.78 is 1.29. The van der Waals surface area contributed by atoms with Crippen LogP contribution in [0.5, 0.6) is 0 Å². The number of carboxylic acid groups (broad SMARTS) is 1. The van der Waals surface area contributed by atoms with Crippen LogP contribution in [0.2, 0.25) is 5.02 Å². The van der Waals surface area contributed by atoms with E-state index >= 15 is 0 Å². The zero-order valence-electron chi connectivity index (χ0n) is 15.0. The van der Waals surface area contributed by atoms with Crippen LogP contribution in [0.1, 0.15) is 5.56 Å². The van der Waals surface area contributed by atoms with E-state index in [-0.39, 0.29) is 10.1 Å². The molecule has 0 fully saturated rings. The molecule has 0 radical (unpaired) electrons. The minimum atomic E-state index is -1.39. The summed E-state index contributed by atoms with van der Waals surface area (Å²) in [5.74, 6) is -1.62. The highest BCUT2D eigenvalue weighted by Crippen LogP contribution is 2.34. The van der Waals surface area contributed by atoms with Gasteiger partial charge in [0.2, 0.25) is 4.96 Å². The van der Waals surface area contributed by atoms with E-state index in [2.05, 4.69) is 10.1 Å². The molecule has 8 nitrogen and oxygen atoms in total. The van der Waals surface area contributed by atoms with E-state index in [0.717, 1.165) is 20.8 Å². The van der Waals surface area contributed by atoms with Crippen molar-refractivity contribution in [3.05, 3.63) is 74.0 Å². The van der Waals surface area contributed by atoms with Crippen LogP contribution < -0.4 is 20.1 Å². The van der Waals surface area contributed by atoms with Gasteiger partial charge in [-0.25, -0.2) is 0 Å². The summed E-state index contributed by atoms with van der Waals surface area (Å²) in [5.41, 5.74) is 1.21. The molecule has 0 aliphatic carbocycles. The number of fused-ring (bicyclic) bond motifs is 2. The monoisotopic (exact) mass is 437 g/mol. The average Bonchev–Trinajstić information content (AvgIpc) is 3.34. The summed E-state index contributed by atoms with van der Waals surface area (Å²) in [6.45, 7) is -0.604. The first-order chi connectivity index (χ1) is 14.4. The summed E-state index contributed by atoms with van der Waals surface area (Å²) in [6, 6.07) is 13.6. The third-order valence-corrected chi connectivity index (χ3v) is 5.94. The van der Waals surface area contributed by atoms with Gasteiger partial charge in [-0.1, -0.05) is 53.3 Å². The first-order valence-electron chi connectivity index (χ1n) is 8.75. The van der Waals surface area contributed by atoms with E-state index in [1.807, 2.05) is 0 Å². The van der Waals surface area contributed by atoms with Gasteiger partial charge in [0.05, 0.1) is 23.8 Å². The molecule has 148 valence electrons. The maximum absolute atomic E-state index is 13.0. The molecule has 30 heavy (non-hydrogen) atoms. The number of carbonyl (C=O) groups is 2. The van der Waals surface area contributed by atoms with Crippen molar-refractivity contribution >= 4 is 51.0 Å². The molecule has 2 aromatic heterocycles. The second kappa shape index (κ2) is 6.75. The number of halogens is 1. The Morgan fingerprint density at radius 1 is 1.13 bits per heavy atom. The predicted molar refractivity (Wildman–Crippen MR) is 109 cm³/mol. The Labute approximate surface area is 177 Å². The minimum absolute atomic E-state index is 0.137. The maximum Gasteiger partial charge on any atom is 0.291 e. The van der Waals surface area contributed by atoms with Crippen molar-refractivity contribution in [1.82, 2.24) is 14.6 Å². The lowest BCUT2D eigenvalue weighted by atomic mass is 10.1. The van der Waals surface area contributed by atoms with E-state index in [1.54, 1.807) is 48.5 Å². The smallest absolute Gasteiger partial charge is 0.291 e. The molecule has 4 aromatic rings. The SMILES string of the molecule is O=C([O-])CN1C(=O)/C(=c2\sc3nc(-c4cccc(Cl)c4)nn3c2=O)c2ccccc21. The zero-order valence-corrected chi connectivity index (χ0v) is 16.6. The lowest BCUT2D eigenvalue weighted by molar-refractivity contribution is -0.303. The quantitative estimate of drug-likeness (QED) is 0.461. The molecule has 1 aliphatic heterocycles. The molecule has 2 aromatic carbocycles. The molecule has 3 heterocycles. The van der Waals surface area contributed by atoms with Crippen molar-refractivity contribution in [3.8, 4) is 11.4 Å². The average molecular weight is 438 g/mol. The number of anilines is 1. The van der Waals surface area contributed by atoms with Gasteiger partial charge in [0.25, 0.3) is 11.5 Å². The third-order valence-electron chi connectivity index (χ3n) is 4.68. The number of carbonyl (C=O) groups excluding carboxylic acids is 2. The first-order valence-corrected chi connectivity index (χ1v) is 9.94. The number of benzene rings is 2. The molecule has 1 aliphatic rings. The van der Waals surface area contributed by atoms with Gasteiger partial charge in [0, 0.05) is 16.1 Å². The molecular formula is C20H10ClN4O4S-. The molecule has 0 bridgehead atoms. The van der Waals surface area contributed by atoms with Crippen LogP contribution >= 0.6 is 22.9 Å². The number of aliphatic carboxylic acids is 1. The Morgan fingerprint density at radius 2 is 1.93 bits per heavy atom. The number of aromatic nitrogens is 3. The number of carboxylic acids is 1. The number of thiazole rings is 1. The van der Waals surface area contributed by atoms with Gasteiger partial charge in [-0.2, -0.15) is 9.50 Å². The van der Waals surface area contributed by atoms with Gasteiger partial charge >= 0.3 is 0 Å². The van der Waals surface area contributed by atoms with Gasteiger partial charge in [-0.3, -0.25) is 9.59 Å². The normalized spacial score (nSPS) is 15.1. The van der Waals surface area contributed by atoms with E-state index in [0.29, 0.717) is 32.6 Å². The highest BCUT2D eigenvalue weighted by atomic mass is 35.5. The van der Waals surface area contributed by atoms with Crippen LogP contribution in [-0.4, -0.2) is 33.0 Å². The van der Waals surface area contributed by atoms with Crippen LogP contribution in [0.4, 0.5) is 5.69 Å². The van der Waals surface area contributed by atoms with Crippen LogP contribution in [0.15, 0.2) is 53.3 Å². The highest BCUT2D eigenvalue weighted by Gasteiger charge is 2.34. The fraction of sp³-hybridized carbons (Fsp3) is 0.0500. The highest BCUT2D eigenvalue weighted by molar-refractivity contribution is 7.15. The molecule has 10 heteroatoms. The van der Waals surface area contributed by atoms with Crippen LogP contribution in [-0.2, 0) is 9.59 Å². The lowest BCUT2D eigenvalue weighted by Crippen LogP contribution is -2.40. The Bertz CT molecular complexity index is 1480. The minimum Gasteiger partial charge on any atom is -0.548 e. The lowest BCUT2D eigenvalue weighted by Gasteiger charge is -2.17. The summed E-state index contributed by atoms with van der Waals surface area (Å²) in [4.78, 5) is 42.9. The third kappa shape index (κ3) is 2.78. The van der Waals surface area contributed by atoms with Crippen molar-refractivity contribution in [1.29, 1.82) is 0 Å². The Morgan fingerprint density at radius 3 is 2.67 bits per heavy atom. The Kier molecular flexibility index (Phi) is 4.16. The fourth-order valence-electron chi connectivity index (χ4n) is 3.42. The number of hydrogen-bond acceptors (Lipinski definition) is 7. The van der Waals surface area contributed by atoms with E-state index < -0.39 is 24.0 Å². The Hall–Kier alpha value is -3.56. The van der Waals surface area contributed by atoms with Crippen molar-refractivity contribution in [2.24, 2.45) is 0 Å². The number of rotatable bonds is 3. The van der Waals surface area contributed by atoms with Crippen LogP contribution in [0.3, 0.4) is 0 Å². The molecule has 0 unspecified atom stereocenters. The van der Waals surface area contributed by atoms with Gasteiger partial charge < -0.3 is 14.8 Å². The van der Waals surface area contributed by atoms with Gasteiger partial charge in [0.1, 0.15) is 4.53 Å². The molecule has 0 saturated carbocycles. The number of hydrogen-bond donors (Lipinski definition) is 0. The topological polar surface area (TPSA) is 108 Å². The van der Waals surface area contributed by atoms with E-state index in [1.165, 1.54) is 0 Å². The maximum atomic E-state index is 13.0. The first kappa shape index (κ1) is 18.5. The fourth-order valence-corrected chi connectivity index (χ4v) is 4.61. The van der Waals surface area contributed by atoms with Crippen LogP contribution in [0.25, 0.3) is 21.9 Å². The second-order valence-corrected chi connectivity index (χ2v) is 7.95. The Balaban J connectivity index is 1.72. The zero-order chi connectivity index (χ0) is 21.0. The van der Waals surface area contributed by atoms with Crippen molar-refractivity contribution in [2.45, 2.75) is 0 Å². The molecule has 0 atom stereocenters. The summed E-state index contributed by atoms with van der Waals surface area (Å²) >= 11 is 7.04. The number of nitrogens with zero attached hydrogens (tertiary/aromatic N) is 4.